The number of aliphatic hydroxyl groups is 1. The van der Waals surface area contributed by atoms with Gasteiger partial charge in [0.25, 0.3) is 5.78 Å². The van der Waals surface area contributed by atoms with Gasteiger partial charge < -0.3 is 9.90 Å². The SMILES string of the molecule is [C-]#[N+][C@]1(C)C(=O)C(C(=O)CCC(C)=O)=C(O)c2cc(Cl)ccc21. The third-order valence-electron chi connectivity index (χ3n) is 3.87. The molecule has 0 radical (unpaired) electrons. The summed E-state index contributed by atoms with van der Waals surface area (Å²) in [5, 5.41) is 10.7. The van der Waals surface area contributed by atoms with Crippen molar-refractivity contribution in [2.45, 2.75) is 32.2 Å². The Morgan fingerprint density at radius 1 is 1.35 bits per heavy atom. The van der Waals surface area contributed by atoms with Crippen molar-refractivity contribution in [2.24, 2.45) is 0 Å². The highest BCUT2D eigenvalue weighted by Crippen LogP contribution is 2.42. The van der Waals surface area contributed by atoms with Crippen LogP contribution in [-0.2, 0) is 19.9 Å². The number of fused-ring (bicyclic) bond motifs is 1. The summed E-state index contributed by atoms with van der Waals surface area (Å²) in [6.07, 6.45) is -0.218. The third kappa shape index (κ3) is 2.78. The van der Waals surface area contributed by atoms with E-state index in [0.29, 0.717) is 10.6 Å². The summed E-state index contributed by atoms with van der Waals surface area (Å²) in [5.74, 6) is -2.09. The van der Waals surface area contributed by atoms with Crippen LogP contribution in [0.2, 0.25) is 5.02 Å². The number of rotatable bonds is 4. The summed E-state index contributed by atoms with van der Waals surface area (Å²) in [7, 11) is 0. The Labute approximate surface area is 138 Å². The number of ketones is 3. The highest BCUT2D eigenvalue weighted by molar-refractivity contribution is 6.32. The lowest BCUT2D eigenvalue weighted by molar-refractivity contribution is -0.125. The van der Waals surface area contributed by atoms with Gasteiger partial charge in [-0.1, -0.05) is 11.6 Å². The van der Waals surface area contributed by atoms with Crippen LogP contribution in [0, 0.1) is 6.57 Å². The fraction of sp³-hybridized carbons (Fsp3) is 0.294. The molecule has 0 fully saturated rings. The number of nitrogens with zero attached hydrogens (tertiary/aromatic N) is 1. The molecule has 1 aliphatic carbocycles. The predicted octanol–water partition coefficient (Wildman–Crippen LogP) is 3.26. The number of carbonyl (C=O) groups excluding carboxylic acids is 3. The molecule has 0 amide bonds. The summed E-state index contributed by atoms with van der Waals surface area (Å²) in [6.45, 7) is 10.1. The first-order valence-corrected chi connectivity index (χ1v) is 7.30. The highest BCUT2D eigenvalue weighted by atomic mass is 35.5. The molecule has 1 aliphatic rings. The fourth-order valence-corrected chi connectivity index (χ4v) is 2.70. The maximum absolute atomic E-state index is 12.7. The number of Topliss-reactive ketones (excluding diaryl/α,β-unsaturated/α-hetero) is 3. The molecule has 0 saturated heterocycles. The number of carbonyl (C=O) groups is 3. The van der Waals surface area contributed by atoms with Crippen molar-refractivity contribution in [1.82, 2.24) is 0 Å². The van der Waals surface area contributed by atoms with E-state index in [9.17, 15) is 19.5 Å². The lowest BCUT2D eigenvalue weighted by atomic mass is 9.75. The van der Waals surface area contributed by atoms with Gasteiger partial charge >= 0.3 is 5.54 Å². The van der Waals surface area contributed by atoms with Crippen LogP contribution in [0.1, 0.15) is 37.8 Å². The van der Waals surface area contributed by atoms with Gasteiger partial charge in [0.15, 0.2) is 5.78 Å². The molecular weight excluding hydrogens is 318 g/mol. The zero-order valence-electron chi connectivity index (χ0n) is 12.6. The van der Waals surface area contributed by atoms with E-state index in [0.717, 1.165) is 0 Å². The van der Waals surface area contributed by atoms with Gasteiger partial charge in [0.1, 0.15) is 17.1 Å². The molecule has 0 saturated carbocycles. The largest absolute Gasteiger partial charge is 0.506 e. The first-order chi connectivity index (χ1) is 10.7. The summed E-state index contributed by atoms with van der Waals surface area (Å²) in [4.78, 5) is 39.4. The van der Waals surface area contributed by atoms with Crippen LogP contribution in [-0.4, -0.2) is 22.5 Å². The van der Waals surface area contributed by atoms with Crippen molar-refractivity contribution in [3.05, 3.63) is 51.3 Å². The predicted molar refractivity (Wildman–Crippen MR) is 84.9 cm³/mol. The summed E-state index contributed by atoms with van der Waals surface area (Å²) >= 11 is 5.92. The second-order valence-corrected chi connectivity index (χ2v) is 5.99. The Morgan fingerprint density at radius 3 is 2.57 bits per heavy atom. The Bertz CT molecular complexity index is 803. The fourth-order valence-electron chi connectivity index (χ4n) is 2.53. The average Bonchev–Trinajstić information content (AvgIpc) is 2.50. The lowest BCUT2D eigenvalue weighted by Gasteiger charge is -2.26. The van der Waals surface area contributed by atoms with Crippen LogP contribution in [0.3, 0.4) is 0 Å². The van der Waals surface area contributed by atoms with Crippen LogP contribution < -0.4 is 0 Å². The number of hydrogen-bond donors (Lipinski definition) is 1. The van der Waals surface area contributed by atoms with Crippen molar-refractivity contribution in [2.75, 3.05) is 0 Å². The highest BCUT2D eigenvalue weighted by Gasteiger charge is 2.51. The van der Waals surface area contributed by atoms with E-state index in [-0.39, 0.29) is 24.2 Å². The second kappa shape index (κ2) is 5.98. The van der Waals surface area contributed by atoms with E-state index in [4.69, 9.17) is 18.2 Å². The van der Waals surface area contributed by atoms with Crippen LogP contribution in [0.25, 0.3) is 10.6 Å². The topological polar surface area (TPSA) is 75.8 Å². The zero-order valence-corrected chi connectivity index (χ0v) is 13.4. The number of aliphatic hydroxyl groups excluding tert-OH is 1. The Kier molecular flexibility index (Phi) is 4.39. The first kappa shape index (κ1) is 16.9. The summed E-state index contributed by atoms with van der Waals surface area (Å²) in [6, 6.07) is 4.44. The van der Waals surface area contributed by atoms with Gasteiger partial charge in [0.05, 0.1) is 5.56 Å². The van der Waals surface area contributed by atoms with Crippen molar-refractivity contribution in [3.8, 4) is 0 Å². The van der Waals surface area contributed by atoms with Gasteiger partial charge in [0, 0.05) is 30.4 Å². The van der Waals surface area contributed by atoms with Gasteiger partial charge in [0.2, 0.25) is 0 Å². The molecular formula is C17H14ClNO4. The van der Waals surface area contributed by atoms with Crippen LogP contribution >= 0.6 is 11.6 Å². The second-order valence-electron chi connectivity index (χ2n) is 5.55. The molecule has 6 heteroatoms. The molecule has 0 unspecified atom stereocenters. The third-order valence-corrected chi connectivity index (χ3v) is 4.11. The molecule has 1 N–H and O–H groups in total. The van der Waals surface area contributed by atoms with E-state index < -0.39 is 28.4 Å². The van der Waals surface area contributed by atoms with Crippen LogP contribution in [0.4, 0.5) is 0 Å². The van der Waals surface area contributed by atoms with E-state index in [1.54, 1.807) is 0 Å². The van der Waals surface area contributed by atoms with E-state index >= 15 is 0 Å². The molecule has 0 aromatic heterocycles. The normalized spacial score (nSPS) is 20.0. The van der Waals surface area contributed by atoms with Crippen molar-refractivity contribution < 1.29 is 19.5 Å². The van der Waals surface area contributed by atoms with Gasteiger partial charge in [-0.3, -0.25) is 14.4 Å². The minimum absolute atomic E-state index is 0.0277. The van der Waals surface area contributed by atoms with Crippen molar-refractivity contribution in [1.29, 1.82) is 0 Å². The minimum atomic E-state index is -1.60. The molecule has 0 heterocycles. The monoisotopic (exact) mass is 331 g/mol. The van der Waals surface area contributed by atoms with E-state index in [1.165, 1.54) is 32.0 Å². The van der Waals surface area contributed by atoms with Crippen LogP contribution in [0.15, 0.2) is 23.8 Å². The van der Waals surface area contributed by atoms with Gasteiger partial charge in [-0.2, -0.15) is 0 Å². The molecule has 2 rings (SSSR count). The summed E-state index contributed by atoms with van der Waals surface area (Å²) < 4.78 is 0. The molecule has 23 heavy (non-hydrogen) atoms. The zero-order chi connectivity index (χ0) is 17.4. The van der Waals surface area contributed by atoms with Gasteiger partial charge in [-0.15, -0.1) is 0 Å². The molecule has 1 aromatic rings. The number of benzene rings is 1. The maximum Gasteiger partial charge on any atom is 0.317 e. The molecule has 5 nitrogen and oxygen atoms in total. The number of halogens is 1. The molecule has 0 aliphatic heterocycles. The van der Waals surface area contributed by atoms with Crippen molar-refractivity contribution in [3.63, 3.8) is 0 Å². The minimum Gasteiger partial charge on any atom is -0.506 e. The molecule has 1 aromatic carbocycles. The molecule has 118 valence electrons. The van der Waals surface area contributed by atoms with E-state index in [2.05, 4.69) is 4.85 Å². The Balaban J connectivity index is 2.64. The standard InChI is InChI=1S/C17H14ClNO4/c1-9(20)4-7-13(21)14-15(22)11-8-10(18)5-6-12(11)17(2,19-3)16(14)23/h5-6,8,22H,4,7H2,1-2H3/t17-/m0/s1. The summed E-state index contributed by atoms with van der Waals surface area (Å²) in [5.41, 5.74) is -1.53. The smallest absolute Gasteiger partial charge is 0.317 e. The van der Waals surface area contributed by atoms with Crippen LogP contribution in [0.5, 0.6) is 0 Å². The Hall–Kier alpha value is -2.45. The van der Waals surface area contributed by atoms with Gasteiger partial charge in [-0.25, -0.2) is 6.57 Å². The quantitative estimate of drug-likeness (QED) is 0.678. The first-order valence-electron chi connectivity index (χ1n) is 6.92. The molecule has 0 bridgehead atoms. The lowest BCUT2D eigenvalue weighted by Crippen LogP contribution is -2.37. The van der Waals surface area contributed by atoms with E-state index in [1.807, 2.05) is 0 Å². The Morgan fingerprint density at radius 2 is 2.00 bits per heavy atom. The maximum atomic E-state index is 12.7. The number of hydrogen-bond acceptors (Lipinski definition) is 4. The molecule has 1 atom stereocenters. The van der Waals surface area contributed by atoms with Crippen molar-refractivity contribution >= 4 is 34.7 Å². The van der Waals surface area contributed by atoms with Gasteiger partial charge in [-0.05, 0) is 25.1 Å². The average molecular weight is 332 g/mol. The molecule has 0 spiro atoms.